The second-order valence-electron chi connectivity index (χ2n) is 6.07. The lowest BCUT2D eigenvalue weighted by Gasteiger charge is -2.29. The van der Waals surface area contributed by atoms with Gasteiger partial charge in [0.25, 0.3) is 0 Å². The molecule has 0 spiro atoms. The maximum absolute atomic E-state index is 12.8. The molecule has 1 atom stereocenters. The van der Waals surface area contributed by atoms with Crippen LogP contribution in [0.3, 0.4) is 0 Å². The van der Waals surface area contributed by atoms with Gasteiger partial charge in [0.2, 0.25) is 0 Å². The van der Waals surface area contributed by atoms with Gasteiger partial charge in [0.05, 0.1) is 11.7 Å². The van der Waals surface area contributed by atoms with E-state index < -0.39 is 11.8 Å². The molecule has 1 saturated heterocycles. The average Bonchev–Trinajstić information content (AvgIpc) is 2.87. The molecule has 0 aliphatic carbocycles. The number of rotatable bonds is 2. The number of likely N-dealkylation sites (tertiary alicyclic amines) is 1. The molecule has 5 nitrogen and oxygen atoms in total. The number of carbonyl (C=O) groups is 2. The maximum atomic E-state index is 12.8. The first kappa shape index (κ1) is 16.6. The normalized spacial score (nSPS) is 18.0. The van der Waals surface area contributed by atoms with Gasteiger partial charge in [-0.2, -0.15) is 0 Å². The predicted molar refractivity (Wildman–Crippen MR) is 94.8 cm³/mol. The first-order valence-electron chi connectivity index (χ1n) is 8.21. The number of nitrogens with one attached hydrogen (secondary N) is 1. The second-order valence-corrected chi connectivity index (χ2v) is 6.81. The van der Waals surface area contributed by atoms with Gasteiger partial charge in [0, 0.05) is 24.3 Å². The topological polar surface area (TPSA) is 62.3 Å². The number of anilines is 1. The number of carbonyl (C=O) groups excluding carboxylic acids is 2. The molecular formula is C18H21N3O2S. The molecule has 2 amide bonds. The van der Waals surface area contributed by atoms with Crippen molar-refractivity contribution in [2.24, 2.45) is 0 Å². The van der Waals surface area contributed by atoms with Crippen LogP contribution < -0.4 is 5.32 Å². The van der Waals surface area contributed by atoms with Gasteiger partial charge >= 0.3 is 11.8 Å². The van der Waals surface area contributed by atoms with Crippen LogP contribution in [0.25, 0.3) is 0 Å². The van der Waals surface area contributed by atoms with Gasteiger partial charge in [-0.25, -0.2) is 0 Å². The van der Waals surface area contributed by atoms with Gasteiger partial charge in [-0.3, -0.25) is 14.6 Å². The fraction of sp³-hybridized carbons (Fsp3) is 0.389. The van der Waals surface area contributed by atoms with E-state index in [1.54, 1.807) is 17.3 Å². The van der Waals surface area contributed by atoms with E-state index in [1.165, 1.54) is 11.3 Å². The summed E-state index contributed by atoms with van der Waals surface area (Å²) in [6.45, 7) is 2.53. The zero-order valence-electron chi connectivity index (χ0n) is 13.7. The van der Waals surface area contributed by atoms with Crippen LogP contribution in [0.5, 0.6) is 0 Å². The van der Waals surface area contributed by atoms with Gasteiger partial charge in [-0.15, -0.1) is 11.3 Å². The quantitative estimate of drug-likeness (QED) is 0.849. The van der Waals surface area contributed by atoms with E-state index in [4.69, 9.17) is 0 Å². The van der Waals surface area contributed by atoms with E-state index in [1.807, 2.05) is 29.8 Å². The van der Waals surface area contributed by atoms with Crippen molar-refractivity contribution in [1.82, 2.24) is 9.88 Å². The van der Waals surface area contributed by atoms with Crippen LogP contribution in [0.15, 0.2) is 35.3 Å². The molecule has 126 valence electrons. The summed E-state index contributed by atoms with van der Waals surface area (Å²) in [4.78, 5) is 31.0. The van der Waals surface area contributed by atoms with Crippen molar-refractivity contribution in [2.75, 3.05) is 11.9 Å². The third kappa shape index (κ3) is 3.64. The molecule has 2 aromatic rings. The molecule has 1 aliphatic heterocycles. The van der Waals surface area contributed by atoms with E-state index in [-0.39, 0.29) is 6.04 Å². The summed E-state index contributed by atoms with van der Waals surface area (Å²) in [5.41, 5.74) is 2.73. The van der Waals surface area contributed by atoms with Crippen molar-refractivity contribution in [2.45, 2.75) is 38.6 Å². The number of pyridine rings is 1. The van der Waals surface area contributed by atoms with E-state index >= 15 is 0 Å². The maximum Gasteiger partial charge on any atom is 0.313 e. The number of thiophene rings is 1. The molecule has 0 aromatic carbocycles. The molecular weight excluding hydrogens is 322 g/mol. The van der Waals surface area contributed by atoms with Crippen molar-refractivity contribution >= 4 is 28.8 Å². The van der Waals surface area contributed by atoms with E-state index in [2.05, 4.69) is 10.3 Å². The Morgan fingerprint density at radius 2 is 2.00 bits per heavy atom. The number of amides is 2. The minimum Gasteiger partial charge on any atom is -0.327 e. The lowest BCUT2D eigenvalue weighted by Crippen LogP contribution is -2.42. The van der Waals surface area contributed by atoms with Crippen LogP contribution in [0.2, 0.25) is 0 Å². The molecule has 1 N–H and O–H groups in total. The average molecular weight is 343 g/mol. The Bertz CT molecular complexity index is 714. The van der Waals surface area contributed by atoms with Gasteiger partial charge < -0.3 is 10.2 Å². The number of hydrogen-bond donors (Lipinski definition) is 1. The van der Waals surface area contributed by atoms with Crippen LogP contribution in [-0.2, 0) is 9.59 Å². The molecule has 3 rings (SSSR count). The van der Waals surface area contributed by atoms with Crippen molar-refractivity contribution in [3.63, 3.8) is 0 Å². The minimum atomic E-state index is -0.558. The summed E-state index contributed by atoms with van der Waals surface area (Å²) in [5.74, 6) is -1.01. The summed E-state index contributed by atoms with van der Waals surface area (Å²) in [6, 6.07) is 3.80. The summed E-state index contributed by atoms with van der Waals surface area (Å²) >= 11 is 1.51. The molecule has 1 unspecified atom stereocenters. The van der Waals surface area contributed by atoms with Gasteiger partial charge in [-0.05, 0) is 48.4 Å². The van der Waals surface area contributed by atoms with E-state index in [0.717, 1.165) is 36.8 Å². The monoisotopic (exact) mass is 343 g/mol. The van der Waals surface area contributed by atoms with Crippen LogP contribution >= 0.6 is 11.3 Å². The van der Waals surface area contributed by atoms with Crippen molar-refractivity contribution in [1.29, 1.82) is 0 Å². The number of hydrogen-bond acceptors (Lipinski definition) is 4. The lowest BCUT2D eigenvalue weighted by molar-refractivity contribution is -0.144. The van der Waals surface area contributed by atoms with Crippen LogP contribution in [0.1, 0.15) is 42.9 Å². The zero-order chi connectivity index (χ0) is 16.9. The Morgan fingerprint density at radius 3 is 2.71 bits per heavy atom. The lowest BCUT2D eigenvalue weighted by atomic mass is 10.0. The van der Waals surface area contributed by atoms with Crippen molar-refractivity contribution in [3.8, 4) is 0 Å². The van der Waals surface area contributed by atoms with Crippen molar-refractivity contribution in [3.05, 3.63) is 46.4 Å². The molecule has 1 aliphatic rings. The van der Waals surface area contributed by atoms with Crippen LogP contribution in [-0.4, -0.2) is 28.2 Å². The number of aromatic nitrogens is 1. The van der Waals surface area contributed by atoms with E-state index in [9.17, 15) is 9.59 Å². The third-order valence-electron chi connectivity index (χ3n) is 4.40. The minimum absolute atomic E-state index is 0.0580. The van der Waals surface area contributed by atoms with Gasteiger partial charge in [0.15, 0.2) is 0 Å². The fourth-order valence-corrected chi connectivity index (χ4v) is 3.86. The summed E-state index contributed by atoms with van der Waals surface area (Å²) < 4.78 is 0. The summed E-state index contributed by atoms with van der Waals surface area (Å²) in [5, 5.41) is 6.55. The molecule has 2 aromatic heterocycles. The molecule has 1 fully saturated rings. The predicted octanol–water partition coefficient (Wildman–Crippen LogP) is 3.53. The van der Waals surface area contributed by atoms with Gasteiger partial charge in [-0.1, -0.05) is 12.8 Å². The largest absolute Gasteiger partial charge is 0.327 e. The molecule has 0 bridgehead atoms. The highest BCUT2D eigenvalue weighted by atomic mass is 32.1. The number of nitrogens with zero attached hydrogens (tertiary/aromatic N) is 2. The Hall–Kier alpha value is -2.21. The van der Waals surface area contributed by atoms with E-state index in [0.29, 0.717) is 12.2 Å². The Kier molecular flexibility index (Phi) is 5.25. The zero-order valence-corrected chi connectivity index (χ0v) is 14.5. The fourth-order valence-electron chi connectivity index (χ4n) is 3.08. The SMILES string of the molecule is Cc1cscc1NC(=O)C(=O)N1CCCCCC1c1ccncc1. The Balaban J connectivity index is 1.79. The smallest absolute Gasteiger partial charge is 0.313 e. The molecule has 3 heterocycles. The summed E-state index contributed by atoms with van der Waals surface area (Å²) in [6.07, 6.45) is 7.41. The molecule has 0 saturated carbocycles. The van der Waals surface area contributed by atoms with Crippen LogP contribution in [0, 0.1) is 6.92 Å². The molecule has 24 heavy (non-hydrogen) atoms. The Labute approximate surface area is 145 Å². The molecule has 6 heteroatoms. The second kappa shape index (κ2) is 7.57. The first-order chi connectivity index (χ1) is 11.7. The van der Waals surface area contributed by atoms with Gasteiger partial charge in [0.1, 0.15) is 0 Å². The Morgan fingerprint density at radius 1 is 1.21 bits per heavy atom. The summed E-state index contributed by atoms with van der Waals surface area (Å²) in [7, 11) is 0. The van der Waals surface area contributed by atoms with Crippen molar-refractivity contribution < 1.29 is 9.59 Å². The standard InChI is InChI=1S/C18H21N3O2S/c1-13-11-24-12-15(13)20-17(22)18(23)21-10-4-2-3-5-16(21)14-6-8-19-9-7-14/h6-9,11-12,16H,2-5,10H2,1H3,(H,20,22). The van der Waals surface area contributed by atoms with Crippen LogP contribution in [0.4, 0.5) is 5.69 Å². The molecule has 0 radical (unpaired) electrons. The highest BCUT2D eigenvalue weighted by molar-refractivity contribution is 7.08. The highest BCUT2D eigenvalue weighted by Gasteiger charge is 2.30. The first-order valence-corrected chi connectivity index (χ1v) is 9.16. The third-order valence-corrected chi connectivity index (χ3v) is 5.26. The number of aryl methyl sites for hydroxylation is 1. The highest BCUT2D eigenvalue weighted by Crippen LogP contribution is 2.30.